The molecule has 4 heterocycles. The average Bonchev–Trinajstić information content (AvgIpc) is 0.779. The van der Waals surface area contributed by atoms with Crippen LogP contribution in [-0.4, -0.2) is 89.0 Å². The van der Waals surface area contributed by atoms with Gasteiger partial charge in [-0.05, 0) is 241 Å². The summed E-state index contributed by atoms with van der Waals surface area (Å²) in [5, 5.41) is 60.6. The van der Waals surface area contributed by atoms with Gasteiger partial charge in [0.2, 0.25) is 23.6 Å². The zero-order valence-corrected chi connectivity index (χ0v) is 71.1. The van der Waals surface area contributed by atoms with E-state index in [9.17, 15) is 49.1 Å². The van der Waals surface area contributed by atoms with Crippen LogP contribution in [0.25, 0.3) is 90.1 Å². The lowest BCUT2D eigenvalue weighted by Gasteiger charge is -2.21. The molecular weight excluding hydrogens is 1700 g/mol. The number of carbonyl (C=O) groups is 4. The van der Waals surface area contributed by atoms with Crippen molar-refractivity contribution in [3.8, 4) is 119 Å². The van der Waals surface area contributed by atoms with Crippen molar-refractivity contribution in [2.24, 2.45) is 0 Å². The van der Waals surface area contributed by atoms with Crippen LogP contribution in [0, 0.1) is 5.82 Å². The van der Waals surface area contributed by atoms with E-state index in [0.717, 1.165) is 163 Å². The second-order valence-corrected chi connectivity index (χ2v) is 32.5. The zero-order valence-electron chi connectivity index (χ0n) is 68.8. The Morgan fingerprint density at radius 2 is 0.492 bits per heavy atom. The number of aromatic hydroxyl groups is 5. The van der Waals surface area contributed by atoms with Crippen molar-refractivity contribution < 1.29 is 49.1 Å². The van der Waals surface area contributed by atoms with Gasteiger partial charge >= 0.3 is 0 Å². The molecule has 632 valence electrons. The van der Waals surface area contributed by atoms with Crippen molar-refractivity contribution in [1.82, 2.24) is 39.9 Å². The number of fused-ring (bicyclic) bond motifs is 12. The second-order valence-electron chi connectivity index (χ2n) is 31.1. The number of benzene rings is 12. The van der Waals surface area contributed by atoms with Gasteiger partial charge in [-0.1, -0.05) is 173 Å². The van der Waals surface area contributed by atoms with Gasteiger partial charge in [-0.2, -0.15) is 0 Å². The molecule has 128 heavy (non-hydrogen) atoms. The molecule has 20 rings (SSSR count). The zero-order chi connectivity index (χ0) is 88.3. The molecule has 4 amide bonds. The monoisotopic (exact) mass is 1770 g/mol. The van der Waals surface area contributed by atoms with E-state index in [1.165, 1.54) is 34.4 Å². The normalized spacial score (nSPS) is 12.0. The number of hydrogen-bond donors (Lipinski definition) is 9. The Morgan fingerprint density at radius 1 is 0.273 bits per heavy atom. The number of aromatic nitrogens is 8. The second kappa shape index (κ2) is 38.3. The molecule has 0 spiro atoms. The van der Waals surface area contributed by atoms with Gasteiger partial charge in [-0.3, -0.25) is 19.2 Å². The van der Waals surface area contributed by atoms with E-state index < -0.39 is 0 Å². The molecule has 0 saturated heterocycles. The molecule has 0 unspecified atom stereocenters. The Morgan fingerprint density at radius 3 is 0.750 bits per heavy atom. The Kier molecular flexibility index (Phi) is 25.4. The van der Waals surface area contributed by atoms with Gasteiger partial charge in [-0.25, -0.2) is 44.3 Å². The molecule has 0 fully saturated rings. The highest BCUT2D eigenvalue weighted by Gasteiger charge is 2.29. The van der Waals surface area contributed by atoms with Crippen LogP contribution in [0.3, 0.4) is 0 Å². The molecule has 0 atom stereocenters. The average molecular weight is 1780 g/mol. The highest BCUT2D eigenvalue weighted by atomic mass is 79.9. The first-order chi connectivity index (χ1) is 62.3. The van der Waals surface area contributed by atoms with Crippen molar-refractivity contribution in [1.29, 1.82) is 0 Å². The summed E-state index contributed by atoms with van der Waals surface area (Å²) < 4.78 is 14.1. The Hall–Kier alpha value is -15.5. The van der Waals surface area contributed by atoms with E-state index >= 15 is 0 Å². The molecule has 9 N–H and O–H groups in total. The van der Waals surface area contributed by atoms with Crippen LogP contribution in [0.2, 0.25) is 5.02 Å². The number of carbonyl (C=O) groups excluding carboxylic acids is 4. The third kappa shape index (κ3) is 20.2. The van der Waals surface area contributed by atoms with Crippen molar-refractivity contribution in [3.63, 3.8) is 0 Å². The van der Waals surface area contributed by atoms with Crippen molar-refractivity contribution in [2.45, 2.75) is 77.0 Å². The van der Waals surface area contributed by atoms with E-state index in [2.05, 4.69) is 73.6 Å². The molecule has 4 aliphatic rings. The maximum absolute atomic E-state index is 13.2. The molecule has 0 bridgehead atoms. The minimum Gasteiger partial charge on any atom is -0.508 e. The first-order valence-corrected chi connectivity index (χ1v) is 42.8. The fraction of sp³-hybridized carbons (Fsp3) is 0.115. The number of halogens is 3. The quantitative estimate of drug-likeness (QED) is 0.0434. The lowest BCUT2D eigenvalue weighted by atomic mass is 9.91. The summed E-state index contributed by atoms with van der Waals surface area (Å²) in [4.78, 5) is 90.2. The first kappa shape index (κ1) is 84.7. The highest BCUT2D eigenvalue weighted by molar-refractivity contribution is 9.10. The molecule has 4 aromatic heterocycles. The predicted octanol–water partition coefficient (Wildman–Crippen LogP) is 20.4. The van der Waals surface area contributed by atoms with Crippen molar-refractivity contribution >= 4 is 74.4 Å². The smallest absolute Gasteiger partial charge is 0.230 e. The number of nitrogens with one attached hydrogen (secondary N) is 4. The van der Waals surface area contributed by atoms with Gasteiger partial charge in [0, 0.05) is 54.0 Å². The van der Waals surface area contributed by atoms with Crippen LogP contribution in [0.4, 0.5) is 27.7 Å². The number of amides is 4. The Balaban J connectivity index is 0.000000120. The summed E-state index contributed by atoms with van der Waals surface area (Å²) in [6.45, 7) is 0. The topological polar surface area (TPSA) is 321 Å². The number of rotatable bonds is 16. The number of nitrogens with zero attached hydrogens (tertiary/aromatic N) is 8. The number of aryl methyl sites for hydroxylation is 8. The molecule has 0 aliphatic heterocycles. The molecule has 0 saturated carbocycles. The molecule has 4 aliphatic carbocycles. The van der Waals surface area contributed by atoms with Gasteiger partial charge in [0.1, 0.15) is 57.3 Å². The predicted molar refractivity (Wildman–Crippen MR) is 497 cm³/mol. The van der Waals surface area contributed by atoms with E-state index in [-0.39, 0.29) is 83.9 Å². The maximum atomic E-state index is 13.2. The van der Waals surface area contributed by atoms with E-state index in [1.54, 1.807) is 146 Å². The van der Waals surface area contributed by atoms with E-state index in [4.69, 9.17) is 51.5 Å². The summed E-state index contributed by atoms with van der Waals surface area (Å²) in [6, 6.07) is 86.8. The van der Waals surface area contributed by atoms with Gasteiger partial charge < -0.3 is 46.8 Å². The van der Waals surface area contributed by atoms with Crippen LogP contribution in [-0.2, 0) is 96.2 Å². The van der Waals surface area contributed by atoms with Crippen LogP contribution in [0.5, 0.6) is 28.7 Å². The number of phenols is 5. The third-order valence-corrected chi connectivity index (χ3v) is 23.0. The van der Waals surface area contributed by atoms with Crippen LogP contribution < -0.4 is 21.3 Å². The molecule has 16 aromatic rings. The van der Waals surface area contributed by atoms with Crippen LogP contribution >= 0.6 is 27.5 Å². The fourth-order valence-electron chi connectivity index (χ4n) is 15.8. The molecule has 0 radical (unpaired) electrons. The van der Waals surface area contributed by atoms with E-state index in [1.807, 2.05) is 97.1 Å². The molecular formula is C104H81BrClFN12O9. The summed E-state index contributed by atoms with van der Waals surface area (Å²) >= 11 is 9.36. The minimum atomic E-state index is -0.343. The Bertz CT molecular complexity index is 6040. The number of hydrogen-bond acceptors (Lipinski definition) is 17. The number of phenolic OH excluding ortho intramolecular Hbond substituents is 5. The van der Waals surface area contributed by atoms with Gasteiger partial charge in [0.15, 0.2) is 23.3 Å². The van der Waals surface area contributed by atoms with Crippen molar-refractivity contribution in [2.75, 3.05) is 21.3 Å². The van der Waals surface area contributed by atoms with Crippen LogP contribution in [0.1, 0.15) is 67.3 Å². The SMILES string of the molecule is O=C(Cc1ccc(Br)cc1)Nc1nc2c(nc1-c1ccc(O)cc1)-c1ccccc1CC2.O=C(Cc1ccc(Cl)cc1)Nc1nc2c(nc1-c1ccc(O)cc1)-c1ccccc1CC2.O=C(Cc1ccc(F)cc1)Nc1nc2c(nc1-c1ccc(O)cc1)-c1ccccc1CC2.O=C(Cc1ccc(O)cc1)Nc1nc2c(nc1-c1ccc(O)cc1)-c1ccccc1CC2. The summed E-state index contributed by atoms with van der Waals surface area (Å²) in [6.07, 6.45) is 7.20. The van der Waals surface area contributed by atoms with Crippen LogP contribution in [0.15, 0.2) is 296 Å². The van der Waals surface area contributed by atoms with Gasteiger partial charge in [0.05, 0.1) is 71.2 Å². The van der Waals surface area contributed by atoms with Crippen molar-refractivity contribution in [3.05, 3.63) is 374 Å². The maximum Gasteiger partial charge on any atom is 0.230 e. The minimum absolute atomic E-state index is 0.0941. The standard InChI is InChI=1S/C26H20BrN3O2.C26H20ClN3O2.C26H20FN3O2.C26H21N3O3/c3*27-19-10-5-16(6-11-19)15-23(32)29-26-24(18-7-12-20(31)13-8-18)30-25-21-4-2-1-3-17(21)9-14-22(25)28-26;30-19-10-5-16(6-11-19)15-23(32)28-26-24(18-7-12-20(31)13-8-18)29-25-21-4-2-1-3-17(21)9-14-22(25)27-26/h3*1-8,10-13,31H,9,14-15H2,(H,28,29,32);1-8,10-13,30-31H,9,14-15H2,(H,27,28,32). The molecule has 12 aromatic carbocycles. The van der Waals surface area contributed by atoms with Gasteiger partial charge in [-0.15, -0.1) is 0 Å². The van der Waals surface area contributed by atoms with Gasteiger partial charge in [0.25, 0.3) is 0 Å². The number of anilines is 4. The summed E-state index contributed by atoms with van der Waals surface area (Å²) in [5.41, 5.74) is 24.5. The lowest BCUT2D eigenvalue weighted by Crippen LogP contribution is -2.18. The highest BCUT2D eigenvalue weighted by Crippen LogP contribution is 2.42. The third-order valence-electron chi connectivity index (χ3n) is 22.2. The molecule has 24 heteroatoms. The summed E-state index contributed by atoms with van der Waals surface area (Å²) in [7, 11) is 0. The fourth-order valence-corrected chi connectivity index (χ4v) is 16.2. The lowest BCUT2D eigenvalue weighted by molar-refractivity contribution is -0.116. The van der Waals surface area contributed by atoms with E-state index in [0.29, 0.717) is 56.6 Å². The first-order valence-electron chi connectivity index (χ1n) is 41.6. The molecule has 21 nitrogen and oxygen atoms in total. The summed E-state index contributed by atoms with van der Waals surface area (Å²) in [5.74, 6) is 1.27. The largest absolute Gasteiger partial charge is 0.508 e. The Labute approximate surface area is 749 Å².